The second kappa shape index (κ2) is 11.2. The number of unbranched alkanes of at least 4 members (excludes halogenated alkanes) is 2. The first-order chi connectivity index (χ1) is 12.3. The summed E-state index contributed by atoms with van der Waals surface area (Å²) in [6.45, 7) is 4.30. The molecule has 0 bridgehead atoms. The molecule has 2 N–H and O–H groups in total. The van der Waals surface area contributed by atoms with Crippen molar-refractivity contribution in [3.8, 4) is 0 Å². The van der Waals surface area contributed by atoms with E-state index in [2.05, 4.69) is 13.0 Å². The SMILES string of the molecule is CCOC(=O)CCS/C(C)=C\CCCCc1c(N)c(=S)n(C)c(=O)n1C. The molecule has 146 valence electrons. The molecule has 0 aromatic carbocycles. The van der Waals surface area contributed by atoms with Crippen LogP contribution in [-0.2, 0) is 30.0 Å². The van der Waals surface area contributed by atoms with Crippen LogP contribution in [0.25, 0.3) is 0 Å². The Morgan fingerprint density at radius 1 is 1.31 bits per heavy atom. The topological polar surface area (TPSA) is 79.2 Å². The highest BCUT2D eigenvalue weighted by Crippen LogP contribution is 2.18. The predicted octanol–water partition coefficient (Wildman–Crippen LogP) is 3.34. The van der Waals surface area contributed by atoms with E-state index in [1.807, 2.05) is 6.92 Å². The van der Waals surface area contributed by atoms with Crippen molar-refractivity contribution in [3.63, 3.8) is 0 Å². The van der Waals surface area contributed by atoms with Gasteiger partial charge in [0.2, 0.25) is 0 Å². The van der Waals surface area contributed by atoms with Crippen LogP contribution in [-0.4, -0.2) is 27.5 Å². The maximum Gasteiger partial charge on any atom is 0.328 e. The molecule has 0 saturated heterocycles. The standard InChI is InChI=1S/C18H29N3O3S2/c1-5-24-15(22)11-12-26-13(2)9-7-6-8-10-14-16(19)17(25)21(4)18(23)20(14)3/h9H,5-8,10-12,19H2,1-4H3/b13-9-. The van der Waals surface area contributed by atoms with E-state index in [1.54, 1.807) is 30.4 Å². The lowest BCUT2D eigenvalue weighted by Gasteiger charge is -2.13. The molecule has 0 aliphatic heterocycles. The van der Waals surface area contributed by atoms with E-state index in [1.165, 1.54) is 9.47 Å². The molecule has 6 nitrogen and oxygen atoms in total. The summed E-state index contributed by atoms with van der Waals surface area (Å²) in [5, 5.41) is 0. The molecule has 0 amide bonds. The van der Waals surface area contributed by atoms with Gasteiger partial charge in [0.25, 0.3) is 0 Å². The number of hydrogen-bond donors (Lipinski definition) is 1. The van der Waals surface area contributed by atoms with Crippen LogP contribution in [0.15, 0.2) is 15.8 Å². The number of ether oxygens (including phenoxy) is 1. The van der Waals surface area contributed by atoms with E-state index < -0.39 is 0 Å². The molecule has 0 fully saturated rings. The van der Waals surface area contributed by atoms with Gasteiger partial charge in [-0.15, -0.1) is 11.8 Å². The molecule has 0 unspecified atom stereocenters. The quantitative estimate of drug-likeness (QED) is 0.369. The van der Waals surface area contributed by atoms with Crippen LogP contribution in [0.3, 0.4) is 0 Å². The van der Waals surface area contributed by atoms with Gasteiger partial charge in [-0.3, -0.25) is 13.9 Å². The Labute approximate surface area is 164 Å². The van der Waals surface area contributed by atoms with E-state index in [9.17, 15) is 9.59 Å². The van der Waals surface area contributed by atoms with Crippen LogP contribution in [0.1, 0.15) is 45.2 Å². The van der Waals surface area contributed by atoms with Crippen molar-refractivity contribution in [2.24, 2.45) is 14.1 Å². The normalized spacial score (nSPS) is 11.6. The maximum atomic E-state index is 12.1. The van der Waals surface area contributed by atoms with Crippen molar-refractivity contribution >= 4 is 35.6 Å². The van der Waals surface area contributed by atoms with Crippen molar-refractivity contribution < 1.29 is 9.53 Å². The fourth-order valence-corrected chi connectivity index (χ4v) is 3.57. The number of thioether (sulfide) groups is 1. The first-order valence-corrected chi connectivity index (χ1v) is 10.2. The largest absolute Gasteiger partial charge is 0.466 e. The molecule has 0 saturated carbocycles. The lowest BCUT2D eigenvalue weighted by Crippen LogP contribution is -2.31. The van der Waals surface area contributed by atoms with Crippen molar-refractivity contribution in [2.75, 3.05) is 18.1 Å². The van der Waals surface area contributed by atoms with Gasteiger partial charge < -0.3 is 10.5 Å². The van der Waals surface area contributed by atoms with Gasteiger partial charge in [0.1, 0.15) is 4.64 Å². The number of hydrogen-bond acceptors (Lipinski definition) is 6. The second-order valence-corrected chi connectivity index (χ2v) is 7.76. The number of aromatic nitrogens is 2. The highest BCUT2D eigenvalue weighted by Gasteiger charge is 2.10. The highest BCUT2D eigenvalue weighted by atomic mass is 32.2. The fourth-order valence-electron chi connectivity index (χ4n) is 2.54. The van der Waals surface area contributed by atoms with Crippen LogP contribution in [0.4, 0.5) is 5.69 Å². The lowest BCUT2D eigenvalue weighted by molar-refractivity contribution is -0.142. The Morgan fingerprint density at radius 3 is 2.65 bits per heavy atom. The zero-order valence-corrected chi connectivity index (χ0v) is 17.7. The van der Waals surface area contributed by atoms with Gasteiger partial charge in [0, 0.05) is 25.5 Å². The molecule has 1 aromatic rings. The summed E-state index contributed by atoms with van der Waals surface area (Å²) >= 11 is 6.89. The Balaban J connectivity index is 2.42. The zero-order chi connectivity index (χ0) is 19.7. The smallest absolute Gasteiger partial charge is 0.328 e. The summed E-state index contributed by atoms with van der Waals surface area (Å²) < 4.78 is 8.28. The molecule has 0 radical (unpaired) electrons. The third kappa shape index (κ3) is 6.64. The molecule has 26 heavy (non-hydrogen) atoms. The van der Waals surface area contributed by atoms with Gasteiger partial charge in [-0.2, -0.15) is 0 Å². The number of anilines is 1. The molecule has 0 aliphatic rings. The van der Waals surface area contributed by atoms with Gasteiger partial charge in [0.05, 0.1) is 18.7 Å². The van der Waals surface area contributed by atoms with E-state index >= 15 is 0 Å². The third-order valence-corrected chi connectivity index (χ3v) is 5.59. The monoisotopic (exact) mass is 399 g/mol. The number of esters is 1. The Hall–Kier alpha value is -1.54. The number of rotatable bonds is 10. The molecule has 0 atom stereocenters. The summed E-state index contributed by atoms with van der Waals surface area (Å²) in [6.07, 6.45) is 6.22. The average molecular weight is 400 g/mol. The van der Waals surface area contributed by atoms with Crippen molar-refractivity contribution in [1.29, 1.82) is 0 Å². The van der Waals surface area contributed by atoms with Gasteiger partial charge >= 0.3 is 11.7 Å². The molecule has 1 heterocycles. The van der Waals surface area contributed by atoms with Crippen LogP contribution in [0.2, 0.25) is 0 Å². The van der Waals surface area contributed by atoms with Crippen molar-refractivity contribution in [3.05, 3.63) is 31.8 Å². The van der Waals surface area contributed by atoms with E-state index in [0.29, 0.717) is 23.4 Å². The van der Waals surface area contributed by atoms with E-state index in [0.717, 1.165) is 37.1 Å². The number of allylic oxidation sites excluding steroid dienone is 2. The molecular weight excluding hydrogens is 370 g/mol. The first-order valence-electron chi connectivity index (χ1n) is 8.79. The predicted molar refractivity (Wildman–Crippen MR) is 111 cm³/mol. The summed E-state index contributed by atoms with van der Waals surface area (Å²) in [4.78, 5) is 24.6. The molecule has 0 spiro atoms. The minimum absolute atomic E-state index is 0.145. The van der Waals surface area contributed by atoms with Crippen LogP contribution >= 0.6 is 24.0 Å². The van der Waals surface area contributed by atoms with Crippen molar-refractivity contribution in [2.45, 2.75) is 46.0 Å². The molecular formula is C18H29N3O3S2. The number of nitrogens with two attached hydrogens (primary N) is 1. The number of nitrogen functional groups attached to an aromatic ring is 1. The summed E-state index contributed by atoms with van der Waals surface area (Å²) in [6, 6.07) is 0. The Bertz CT molecular complexity index is 729. The molecule has 8 heteroatoms. The third-order valence-electron chi connectivity index (χ3n) is 4.07. The number of carbonyl (C=O) groups is 1. The van der Waals surface area contributed by atoms with E-state index in [4.69, 9.17) is 22.7 Å². The number of carbonyl (C=O) groups excluding carboxylic acids is 1. The fraction of sp³-hybridized carbons (Fsp3) is 0.611. The molecule has 1 rings (SSSR count). The lowest BCUT2D eigenvalue weighted by atomic mass is 10.1. The van der Waals surface area contributed by atoms with Crippen LogP contribution in [0, 0.1) is 4.64 Å². The second-order valence-electron chi connectivity index (χ2n) is 6.03. The molecule has 1 aromatic heterocycles. The minimum Gasteiger partial charge on any atom is -0.466 e. The summed E-state index contributed by atoms with van der Waals surface area (Å²) in [5.74, 6) is 0.594. The van der Waals surface area contributed by atoms with E-state index in [-0.39, 0.29) is 11.7 Å². The van der Waals surface area contributed by atoms with Gasteiger partial charge in [-0.25, -0.2) is 4.79 Å². The zero-order valence-electron chi connectivity index (χ0n) is 16.0. The van der Waals surface area contributed by atoms with Gasteiger partial charge in [-0.05, 0) is 44.4 Å². The average Bonchev–Trinajstić information content (AvgIpc) is 2.61. The number of nitrogens with zero attached hydrogens (tertiary/aromatic N) is 2. The Morgan fingerprint density at radius 2 is 2.00 bits per heavy atom. The highest BCUT2D eigenvalue weighted by molar-refractivity contribution is 8.03. The van der Waals surface area contributed by atoms with Crippen LogP contribution < -0.4 is 11.4 Å². The minimum atomic E-state index is -0.145. The van der Waals surface area contributed by atoms with Gasteiger partial charge in [-0.1, -0.05) is 18.3 Å². The van der Waals surface area contributed by atoms with Crippen molar-refractivity contribution in [1.82, 2.24) is 9.13 Å². The molecule has 0 aliphatic carbocycles. The summed E-state index contributed by atoms with van der Waals surface area (Å²) in [5.41, 5.74) is 7.26. The van der Waals surface area contributed by atoms with Gasteiger partial charge in [0.15, 0.2) is 0 Å². The Kier molecular flexibility index (Phi) is 9.72. The maximum absolute atomic E-state index is 12.1. The summed E-state index contributed by atoms with van der Waals surface area (Å²) in [7, 11) is 3.37. The first kappa shape index (κ1) is 22.5. The van der Waals surface area contributed by atoms with Crippen LogP contribution in [0.5, 0.6) is 0 Å².